The smallest absolute Gasteiger partial charge is 0.303 e. The molecule has 2 aromatic carbocycles. The third-order valence-electron chi connectivity index (χ3n) is 4.47. The Kier molecular flexibility index (Phi) is 7.44. The van der Waals surface area contributed by atoms with Crippen molar-refractivity contribution in [1.29, 1.82) is 0 Å². The molecule has 0 radical (unpaired) electrons. The van der Waals surface area contributed by atoms with Crippen LogP contribution < -0.4 is 4.72 Å². The number of unbranched alkanes of at least 4 members (excludes halogenated alkanes) is 1. The van der Waals surface area contributed by atoms with Gasteiger partial charge in [-0.25, -0.2) is 8.42 Å². The number of nitrogens with one attached hydrogen (secondary N) is 1. The number of carboxylic acid groups (broad SMARTS) is 1. The highest BCUT2D eigenvalue weighted by Gasteiger charge is 2.15. The second-order valence-corrected chi connectivity index (χ2v) is 8.90. The molecule has 0 aliphatic heterocycles. The first-order valence-electron chi connectivity index (χ1n) is 9.56. The summed E-state index contributed by atoms with van der Waals surface area (Å²) in [5.74, 6) is -0.838. The first kappa shape index (κ1) is 22.5. The van der Waals surface area contributed by atoms with Crippen LogP contribution in [0, 0.1) is 0 Å². The van der Waals surface area contributed by atoms with Gasteiger partial charge in [0.2, 0.25) is 0 Å². The Labute approximate surface area is 186 Å². The first-order chi connectivity index (χ1) is 14.8. The molecular weight excluding hydrogens is 436 g/mol. The van der Waals surface area contributed by atoms with Gasteiger partial charge in [-0.15, -0.1) is 0 Å². The largest absolute Gasteiger partial charge is 0.481 e. The van der Waals surface area contributed by atoms with Crippen molar-refractivity contribution in [2.75, 3.05) is 4.72 Å². The highest BCUT2D eigenvalue weighted by molar-refractivity contribution is 7.92. The van der Waals surface area contributed by atoms with Crippen molar-refractivity contribution in [2.45, 2.75) is 24.2 Å². The van der Waals surface area contributed by atoms with E-state index >= 15 is 0 Å². The molecule has 2 N–H and O–H groups in total. The minimum Gasteiger partial charge on any atom is -0.481 e. The van der Waals surface area contributed by atoms with Crippen molar-refractivity contribution in [1.82, 2.24) is 4.98 Å². The molecule has 0 unspecified atom stereocenters. The molecule has 6 nitrogen and oxygen atoms in total. The van der Waals surface area contributed by atoms with Gasteiger partial charge in [0.25, 0.3) is 10.0 Å². The molecule has 0 spiro atoms. The van der Waals surface area contributed by atoms with Crippen LogP contribution in [0.2, 0.25) is 5.02 Å². The first-order valence-corrected chi connectivity index (χ1v) is 11.4. The fourth-order valence-corrected chi connectivity index (χ4v) is 4.18. The maximum atomic E-state index is 12.7. The van der Waals surface area contributed by atoms with E-state index in [1.54, 1.807) is 30.6 Å². The lowest BCUT2D eigenvalue weighted by Crippen LogP contribution is -2.12. The van der Waals surface area contributed by atoms with Gasteiger partial charge in [-0.1, -0.05) is 35.9 Å². The van der Waals surface area contributed by atoms with Crippen molar-refractivity contribution in [3.8, 4) is 0 Å². The number of carboxylic acids is 1. The number of allylic oxidation sites excluding steroid dienone is 1. The SMILES string of the molecule is O=C(O)CCC/C=C(/c1cccnc1)c1cccc(NS(=O)(=O)c2ccc(Cl)cc2)c1. The predicted octanol–water partition coefficient (Wildman–Crippen LogP) is 5.22. The summed E-state index contributed by atoms with van der Waals surface area (Å²) < 4.78 is 28.0. The number of anilines is 1. The van der Waals surface area contributed by atoms with E-state index in [2.05, 4.69) is 9.71 Å². The molecule has 160 valence electrons. The Morgan fingerprint density at radius 3 is 2.48 bits per heavy atom. The summed E-state index contributed by atoms with van der Waals surface area (Å²) in [4.78, 5) is 15.1. The van der Waals surface area contributed by atoms with Crippen LogP contribution in [-0.4, -0.2) is 24.5 Å². The van der Waals surface area contributed by atoms with Crippen LogP contribution in [0.4, 0.5) is 5.69 Å². The molecule has 1 aromatic heterocycles. The summed E-state index contributed by atoms with van der Waals surface area (Å²) in [6.45, 7) is 0. The number of benzene rings is 2. The van der Waals surface area contributed by atoms with Crippen molar-refractivity contribution in [3.63, 3.8) is 0 Å². The minimum absolute atomic E-state index is 0.0811. The summed E-state index contributed by atoms with van der Waals surface area (Å²) in [6.07, 6.45) is 6.49. The summed E-state index contributed by atoms with van der Waals surface area (Å²) in [5.41, 5.74) is 2.91. The monoisotopic (exact) mass is 456 g/mol. The predicted molar refractivity (Wildman–Crippen MR) is 122 cm³/mol. The normalized spacial score (nSPS) is 11.8. The van der Waals surface area contributed by atoms with Gasteiger partial charge >= 0.3 is 5.97 Å². The average molecular weight is 457 g/mol. The van der Waals surface area contributed by atoms with Gasteiger partial charge in [0.05, 0.1) is 4.90 Å². The zero-order valence-corrected chi connectivity index (χ0v) is 18.1. The summed E-state index contributed by atoms with van der Waals surface area (Å²) in [5, 5.41) is 9.32. The number of carbonyl (C=O) groups is 1. The molecular formula is C23H21ClN2O4S. The van der Waals surface area contributed by atoms with Crippen molar-refractivity contribution in [3.05, 3.63) is 95.3 Å². The average Bonchev–Trinajstić information content (AvgIpc) is 2.74. The number of hydrogen-bond acceptors (Lipinski definition) is 4. The highest BCUT2D eigenvalue weighted by atomic mass is 35.5. The number of aromatic nitrogens is 1. The third-order valence-corrected chi connectivity index (χ3v) is 6.11. The van der Waals surface area contributed by atoms with E-state index in [4.69, 9.17) is 16.7 Å². The van der Waals surface area contributed by atoms with Crippen LogP contribution in [-0.2, 0) is 14.8 Å². The van der Waals surface area contributed by atoms with Crippen LogP contribution in [0.1, 0.15) is 30.4 Å². The topological polar surface area (TPSA) is 96.4 Å². The summed E-state index contributed by atoms with van der Waals surface area (Å²) in [7, 11) is -3.77. The van der Waals surface area contributed by atoms with Crippen molar-refractivity contribution >= 4 is 38.9 Å². The van der Waals surface area contributed by atoms with E-state index in [0.717, 1.165) is 16.7 Å². The molecule has 0 saturated heterocycles. The Morgan fingerprint density at radius 2 is 1.81 bits per heavy atom. The second kappa shape index (κ2) is 10.2. The summed E-state index contributed by atoms with van der Waals surface area (Å²) in [6, 6.07) is 16.7. The number of pyridine rings is 1. The molecule has 3 rings (SSSR count). The number of aliphatic carboxylic acids is 1. The molecule has 3 aromatic rings. The minimum atomic E-state index is -3.77. The lowest BCUT2D eigenvalue weighted by atomic mass is 9.97. The second-order valence-electron chi connectivity index (χ2n) is 6.79. The molecule has 0 aliphatic carbocycles. The maximum Gasteiger partial charge on any atom is 0.303 e. The summed E-state index contributed by atoms with van der Waals surface area (Å²) >= 11 is 5.85. The van der Waals surface area contributed by atoms with E-state index in [0.29, 0.717) is 23.6 Å². The number of nitrogens with zero attached hydrogens (tertiary/aromatic N) is 1. The fraction of sp³-hybridized carbons (Fsp3) is 0.130. The zero-order chi connectivity index (χ0) is 22.3. The van der Waals surface area contributed by atoms with Crippen LogP contribution in [0.25, 0.3) is 5.57 Å². The molecule has 0 saturated carbocycles. The Morgan fingerprint density at radius 1 is 1.06 bits per heavy atom. The van der Waals surface area contributed by atoms with Gasteiger partial charge in [-0.05, 0) is 66.4 Å². The lowest BCUT2D eigenvalue weighted by Gasteiger charge is -2.12. The van der Waals surface area contributed by atoms with Gasteiger partial charge in [-0.3, -0.25) is 14.5 Å². The molecule has 0 fully saturated rings. The maximum absolute atomic E-state index is 12.7. The van der Waals surface area contributed by atoms with Crippen LogP contribution in [0.5, 0.6) is 0 Å². The van der Waals surface area contributed by atoms with Gasteiger partial charge in [0.1, 0.15) is 0 Å². The van der Waals surface area contributed by atoms with E-state index in [1.807, 2.05) is 24.3 Å². The molecule has 0 aliphatic rings. The van der Waals surface area contributed by atoms with E-state index < -0.39 is 16.0 Å². The number of rotatable bonds is 9. The van der Waals surface area contributed by atoms with Crippen LogP contribution in [0.3, 0.4) is 0 Å². The Hall–Kier alpha value is -3.16. The highest BCUT2D eigenvalue weighted by Crippen LogP contribution is 2.27. The molecule has 0 atom stereocenters. The Balaban J connectivity index is 1.89. The molecule has 0 bridgehead atoms. The van der Waals surface area contributed by atoms with Gasteiger partial charge in [-0.2, -0.15) is 0 Å². The lowest BCUT2D eigenvalue weighted by molar-refractivity contribution is -0.137. The van der Waals surface area contributed by atoms with Gasteiger partial charge < -0.3 is 5.11 Å². The van der Waals surface area contributed by atoms with Crippen molar-refractivity contribution < 1.29 is 18.3 Å². The van der Waals surface area contributed by atoms with Gasteiger partial charge in [0.15, 0.2) is 0 Å². The molecule has 31 heavy (non-hydrogen) atoms. The van der Waals surface area contributed by atoms with E-state index in [9.17, 15) is 13.2 Å². The number of halogens is 1. The Bertz CT molecular complexity index is 1180. The molecule has 0 amide bonds. The van der Waals surface area contributed by atoms with Crippen molar-refractivity contribution in [2.24, 2.45) is 0 Å². The number of sulfonamides is 1. The standard InChI is InChI=1S/C23H21ClN2O4S/c24-19-10-12-21(13-11-19)31(29,30)26-20-7-3-5-17(15-20)22(8-1-2-9-23(27)28)18-6-4-14-25-16-18/h3-8,10-16,26H,1-2,9H2,(H,27,28)/b22-8+. The van der Waals surface area contributed by atoms with Gasteiger partial charge in [0, 0.05) is 35.1 Å². The fourth-order valence-electron chi connectivity index (χ4n) is 3.00. The zero-order valence-electron chi connectivity index (χ0n) is 16.5. The molecule has 1 heterocycles. The number of hydrogen-bond donors (Lipinski definition) is 2. The quantitative estimate of drug-likeness (QED) is 0.430. The van der Waals surface area contributed by atoms with Crippen LogP contribution in [0.15, 0.2) is 84.0 Å². The van der Waals surface area contributed by atoms with Crippen LogP contribution >= 0.6 is 11.6 Å². The third kappa shape index (κ3) is 6.41. The van der Waals surface area contributed by atoms with E-state index in [-0.39, 0.29) is 11.3 Å². The van der Waals surface area contributed by atoms with E-state index in [1.165, 1.54) is 24.3 Å². The molecule has 8 heteroatoms.